The highest BCUT2D eigenvalue weighted by atomic mass is 31.2. The number of esters is 3. The number of aliphatic hydroxyl groups excluding tert-OH is 1. The fraction of sp³-hybridized carbons (Fsp3) is 0.773. The standard InChI is InChI=1S/C66H117O11P/c1-4-7-10-13-16-19-22-25-28-30-31-33-36-39-42-45-48-51-54-57-66(70)77-63(59-73-64(68)55-52-49-46-43-40-37-35-32-29-26-23-20-17-14-11-8-5-2)61-75-78(71,72)74-60-62(58-67)76-65(69)56-53-50-47-44-41-38-34-27-24-21-18-15-12-9-6-3/h8,11,16-17,19-20,25-29,34,62-63,67H,4-7,9-10,12-15,18,21-24,30-33,35-61H2,1-3H3,(H,71,72)/b11-8-,19-16-,20-17-,28-25-,29-26-,34-27-. The first kappa shape index (κ1) is 74.9. The number of rotatable bonds is 59. The monoisotopic (exact) mass is 1120 g/mol. The number of hydrogen-bond acceptors (Lipinski definition) is 10. The Morgan fingerprint density at radius 2 is 0.667 bits per heavy atom. The molecule has 0 radical (unpaired) electrons. The smallest absolute Gasteiger partial charge is 0.462 e. The summed E-state index contributed by atoms with van der Waals surface area (Å²) in [7, 11) is -4.76. The van der Waals surface area contributed by atoms with Gasteiger partial charge in [-0.25, -0.2) is 4.57 Å². The van der Waals surface area contributed by atoms with Gasteiger partial charge in [-0.05, 0) is 109 Å². The molecule has 0 bridgehead atoms. The molecular formula is C66H117O11P. The number of carbonyl (C=O) groups is 3. The van der Waals surface area contributed by atoms with E-state index in [2.05, 4.69) is 93.7 Å². The van der Waals surface area contributed by atoms with Gasteiger partial charge >= 0.3 is 25.7 Å². The van der Waals surface area contributed by atoms with Crippen molar-refractivity contribution < 1.29 is 52.2 Å². The molecule has 0 aromatic carbocycles. The van der Waals surface area contributed by atoms with Crippen LogP contribution in [0.25, 0.3) is 0 Å². The Balaban J connectivity index is 4.72. The van der Waals surface area contributed by atoms with Crippen LogP contribution in [-0.2, 0) is 42.2 Å². The van der Waals surface area contributed by atoms with Crippen LogP contribution in [0.5, 0.6) is 0 Å². The summed E-state index contributed by atoms with van der Waals surface area (Å²) in [6.45, 7) is 4.52. The van der Waals surface area contributed by atoms with E-state index in [1.165, 1.54) is 109 Å². The van der Waals surface area contributed by atoms with Crippen molar-refractivity contribution in [2.45, 2.75) is 303 Å². The average Bonchev–Trinajstić information content (AvgIpc) is 3.43. The largest absolute Gasteiger partial charge is 0.472 e. The van der Waals surface area contributed by atoms with Crippen molar-refractivity contribution in [3.05, 3.63) is 72.9 Å². The topological polar surface area (TPSA) is 155 Å². The summed E-state index contributed by atoms with van der Waals surface area (Å²) < 4.78 is 39.7. The van der Waals surface area contributed by atoms with Crippen molar-refractivity contribution in [1.82, 2.24) is 0 Å². The van der Waals surface area contributed by atoms with Gasteiger partial charge in [0.1, 0.15) is 12.7 Å². The Labute approximate surface area is 478 Å². The SMILES string of the molecule is CC/C=C\C/C=C\C/C=C\CCCCCCCCCC(=O)OCC(COP(=O)(O)OCC(CO)OC(=O)CCCCCCC/C=C\CCCCCCCC)OC(=O)CCCCCCCCCCC/C=C\C/C=C\CCCCC. The molecule has 452 valence electrons. The molecule has 0 aliphatic heterocycles. The summed E-state index contributed by atoms with van der Waals surface area (Å²) in [6, 6.07) is 0. The normalized spacial score (nSPS) is 13.8. The molecule has 0 aromatic heterocycles. The van der Waals surface area contributed by atoms with E-state index in [1.54, 1.807) is 0 Å². The van der Waals surface area contributed by atoms with Crippen LogP contribution in [0.4, 0.5) is 0 Å². The van der Waals surface area contributed by atoms with Crippen LogP contribution in [0.2, 0.25) is 0 Å². The van der Waals surface area contributed by atoms with Crippen molar-refractivity contribution in [1.29, 1.82) is 0 Å². The molecule has 0 amide bonds. The zero-order valence-electron chi connectivity index (χ0n) is 50.1. The van der Waals surface area contributed by atoms with Gasteiger partial charge in [0.25, 0.3) is 0 Å². The lowest BCUT2D eigenvalue weighted by molar-refractivity contribution is -0.161. The third-order valence-electron chi connectivity index (χ3n) is 13.6. The van der Waals surface area contributed by atoms with Gasteiger partial charge in [0.2, 0.25) is 0 Å². The quantitative estimate of drug-likeness (QED) is 0.0197. The van der Waals surface area contributed by atoms with Gasteiger partial charge in [-0.15, -0.1) is 0 Å². The predicted octanol–water partition coefficient (Wildman–Crippen LogP) is 19.3. The Kier molecular flexibility index (Phi) is 57.7. The van der Waals surface area contributed by atoms with E-state index in [1.807, 2.05) is 0 Å². The summed E-state index contributed by atoms with van der Waals surface area (Å²) >= 11 is 0. The first-order valence-electron chi connectivity index (χ1n) is 31.8. The fourth-order valence-corrected chi connectivity index (χ4v) is 9.53. The molecule has 2 N–H and O–H groups in total. The van der Waals surface area contributed by atoms with Gasteiger partial charge in [-0.2, -0.15) is 0 Å². The van der Waals surface area contributed by atoms with Crippen molar-refractivity contribution in [2.24, 2.45) is 0 Å². The van der Waals surface area contributed by atoms with E-state index >= 15 is 0 Å². The molecule has 0 fully saturated rings. The lowest BCUT2D eigenvalue weighted by Gasteiger charge is -2.21. The summed E-state index contributed by atoms with van der Waals surface area (Å²) in [4.78, 5) is 48.7. The third kappa shape index (κ3) is 57.6. The maximum Gasteiger partial charge on any atom is 0.472 e. The molecule has 0 aliphatic carbocycles. The van der Waals surface area contributed by atoms with Gasteiger partial charge in [0, 0.05) is 19.3 Å². The first-order valence-corrected chi connectivity index (χ1v) is 33.3. The highest BCUT2D eigenvalue weighted by molar-refractivity contribution is 7.47. The number of aliphatic hydroxyl groups is 1. The summed E-state index contributed by atoms with van der Waals surface area (Å²) in [5.74, 6) is -1.48. The van der Waals surface area contributed by atoms with Crippen LogP contribution in [0.3, 0.4) is 0 Å². The summed E-state index contributed by atoms with van der Waals surface area (Å²) in [5.41, 5.74) is 0. The number of phosphoric acid groups is 1. The predicted molar refractivity (Wildman–Crippen MR) is 325 cm³/mol. The zero-order valence-corrected chi connectivity index (χ0v) is 51.0. The van der Waals surface area contributed by atoms with Gasteiger partial charge in [-0.3, -0.25) is 23.4 Å². The second-order valence-corrected chi connectivity index (χ2v) is 22.6. The van der Waals surface area contributed by atoms with E-state index < -0.39 is 57.8 Å². The minimum Gasteiger partial charge on any atom is -0.462 e. The number of ether oxygens (including phenoxy) is 3. The van der Waals surface area contributed by atoms with Crippen molar-refractivity contribution in [3.8, 4) is 0 Å². The molecule has 3 unspecified atom stereocenters. The molecule has 3 atom stereocenters. The van der Waals surface area contributed by atoms with Gasteiger partial charge in [0.05, 0.1) is 19.8 Å². The zero-order chi connectivity index (χ0) is 56.9. The minimum absolute atomic E-state index is 0.159. The van der Waals surface area contributed by atoms with Crippen LogP contribution < -0.4 is 0 Å². The molecule has 78 heavy (non-hydrogen) atoms. The van der Waals surface area contributed by atoms with E-state index in [9.17, 15) is 28.9 Å². The summed E-state index contributed by atoms with van der Waals surface area (Å²) in [5, 5.41) is 9.84. The second kappa shape index (κ2) is 60.0. The van der Waals surface area contributed by atoms with Crippen LogP contribution in [-0.4, -0.2) is 66.5 Å². The number of allylic oxidation sites excluding steroid dienone is 12. The number of phosphoric ester groups is 1. The van der Waals surface area contributed by atoms with Crippen molar-refractivity contribution >= 4 is 25.7 Å². The Morgan fingerprint density at radius 1 is 0.372 bits per heavy atom. The maximum atomic E-state index is 13.0. The lowest BCUT2D eigenvalue weighted by atomic mass is 10.1. The van der Waals surface area contributed by atoms with E-state index in [4.69, 9.17) is 23.3 Å². The molecule has 12 heteroatoms. The molecule has 0 heterocycles. The Morgan fingerprint density at radius 3 is 1.06 bits per heavy atom. The molecule has 0 spiro atoms. The number of carbonyl (C=O) groups excluding carboxylic acids is 3. The molecule has 0 aromatic rings. The third-order valence-corrected chi connectivity index (χ3v) is 14.5. The fourth-order valence-electron chi connectivity index (χ4n) is 8.75. The van der Waals surface area contributed by atoms with Crippen molar-refractivity contribution in [2.75, 3.05) is 26.4 Å². The van der Waals surface area contributed by atoms with E-state index in [-0.39, 0.29) is 25.9 Å². The molecule has 11 nitrogen and oxygen atoms in total. The lowest BCUT2D eigenvalue weighted by Crippen LogP contribution is -2.30. The molecule has 0 rings (SSSR count). The van der Waals surface area contributed by atoms with Gasteiger partial charge in [-0.1, -0.05) is 235 Å². The van der Waals surface area contributed by atoms with E-state index in [0.29, 0.717) is 19.3 Å². The maximum absolute atomic E-state index is 13.0. The number of hydrogen-bond donors (Lipinski definition) is 2. The van der Waals surface area contributed by atoms with Crippen LogP contribution >= 0.6 is 7.82 Å². The molecule has 0 saturated carbocycles. The van der Waals surface area contributed by atoms with E-state index in [0.717, 1.165) is 122 Å². The minimum atomic E-state index is -4.76. The van der Waals surface area contributed by atoms with Crippen LogP contribution in [0.1, 0.15) is 290 Å². The second-order valence-electron chi connectivity index (χ2n) is 21.2. The number of unbranched alkanes of at least 4 members (excludes halogenated alkanes) is 30. The Bertz CT molecular complexity index is 1590. The first-order chi connectivity index (χ1) is 38.2. The highest BCUT2D eigenvalue weighted by Crippen LogP contribution is 2.43. The molecule has 0 saturated heterocycles. The molecular weight excluding hydrogens is 1000 g/mol. The van der Waals surface area contributed by atoms with Crippen LogP contribution in [0.15, 0.2) is 72.9 Å². The Hall–Kier alpha value is -3.08. The summed E-state index contributed by atoms with van der Waals surface area (Å²) in [6.07, 6.45) is 68.5. The highest BCUT2D eigenvalue weighted by Gasteiger charge is 2.28. The van der Waals surface area contributed by atoms with Crippen molar-refractivity contribution in [3.63, 3.8) is 0 Å². The average molecular weight is 1120 g/mol. The van der Waals surface area contributed by atoms with Gasteiger partial charge in [0.15, 0.2) is 6.10 Å². The van der Waals surface area contributed by atoms with Crippen LogP contribution in [0, 0.1) is 0 Å². The van der Waals surface area contributed by atoms with Gasteiger partial charge < -0.3 is 24.2 Å². The molecule has 0 aliphatic rings.